The molecular formula is C14H19N5O. The van der Waals surface area contributed by atoms with Crippen LogP contribution in [-0.2, 0) is 6.54 Å². The third-order valence-corrected chi connectivity index (χ3v) is 2.94. The van der Waals surface area contributed by atoms with Gasteiger partial charge in [0.1, 0.15) is 0 Å². The lowest BCUT2D eigenvalue weighted by Crippen LogP contribution is -2.27. The number of aromatic amines is 1. The summed E-state index contributed by atoms with van der Waals surface area (Å²) in [6.45, 7) is 4.11. The Morgan fingerprint density at radius 3 is 2.95 bits per heavy atom. The van der Waals surface area contributed by atoms with E-state index in [1.54, 1.807) is 12.4 Å². The summed E-state index contributed by atoms with van der Waals surface area (Å²) in [5, 5.41) is 12.8. The van der Waals surface area contributed by atoms with Crippen LogP contribution in [0.25, 0.3) is 0 Å². The van der Waals surface area contributed by atoms with E-state index in [-0.39, 0.29) is 5.91 Å². The molecule has 1 amide bonds. The molecule has 2 aromatic rings. The fourth-order valence-corrected chi connectivity index (χ4v) is 1.83. The van der Waals surface area contributed by atoms with E-state index in [1.165, 1.54) is 0 Å². The Hall–Kier alpha value is -2.21. The Bertz CT molecular complexity index is 538. The lowest BCUT2D eigenvalue weighted by atomic mass is 10.2. The first kappa shape index (κ1) is 14.2. The van der Waals surface area contributed by atoms with Crippen LogP contribution in [0.1, 0.15) is 28.0 Å². The zero-order chi connectivity index (χ0) is 14.2. The van der Waals surface area contributed by atoms with Crippen molar-refractivity contribution >= 4 is 5.91 Å². The lowest BCUT2D eigenvalue weighted by Gasteiger charge is -2.06. The number of hydrogen-bond donors (Lipinski definition) is 3. The predicted molar refractivity (Wildman–Crippen MR) is 76.2 cm³/mol. The predicted octanol–water partition coefficient (Wildman–Crippen LogP) is 1.02. The van der Waals surface area contributed by atoms with E-state index < -0.39 is 0 Å². The summed E-state index contributed by atoms with van der Waals surface area (Å²) in [5.41, 5.74) is 2.55. The minimum atomic E-state index is -0.0801. The number of H-pyrrole nitrogens is 1. The lowest BCUT2D eigenvalue weighted by molar-refractivity contribution is 0.0952. The summed E-state index contributed by atoms with van der Waals surface area (Å²) in [6, 6.07) is 3.95. The average molecular weight is 273 g/mol. The van der Waals surface area contributed by atoms with E-state index in [1.807, 2.05) is 25.3 Å². The number of aryl methyl sites for hydroxylation is 1. The second-order valence-corrected chi connectivity index (χ2v) is 4.56. The maximum absolute atomic E-state index is 11.8. The molecule has 0 atom stereocenters. The molecule has 0 spiro atoms. The van der Waals surface area contributed by atoms with E-state index >= 15 is 0 Å². The number of carbonyl (C=O) groups is 1. The number of nitrogens with one attached hydrogen (secondary N) is 3. The van der Waals surface area contributed by atoms with Crippen LogP contribution in [0.3, 0.4) is 0 Å². The van der Waals surface area contributed by atoms with Crippen molar-refractivity contribution in [1.82, 2.24) is 25.8 Å². The summed E-state index contributed by atoms with van der Waals surface area (Å²) in [7, 11) is 0. The molecule has 20 heavy (non-hydrogen) atoms. The molecule has 0 aliphatic carbocycles. The largest absolute Gasteiger partial charge is 0.352 e. The molecule has 0 aliphatic heterocycles. The highest BCUT2D eigenvalue weighted by molar-refractivity contribution is 5.94. The molecule has 6 nitrogen and oxygen atoms in total. The topological polar surface area (TPSA) is 82.7 Å². The normalized spacial score (nSPS) is 10.4. The molecule has 0 unspecified atom stereocenters. The quantitative estimate of drug-likeness (QED) is 0.658. The van der Waals surface area contributed by atoms with Crippen LogP contribution in [0.2, 0.25) is 0 Å². The molecule has 6 heteroatoms. The first-order valence-corrected chi connectivity index (χ1v) is 6.65. The maximum Gasteiger partial charge on any atom is 0.254 e. The van der Waals surface area contributed by atoms with Crippen LogP contribution in [0.4, 0.5) is 0 Å². The van der Waals surface area contributed by atoms with Gasteiger partial charge in [0, 0.05) is 31.2 Å². The van der Waals surface area contributed by atoms with Gasteiger partial charge in [-0.3, -0.25) is 14.9 Å². The van der Waals surface area contributed by atoms with Gasteiger partial charge >= 0.3 is 0 Å². The van der Waals surface area contributed by atoms with Crippen molar-refractivity contribution in [2.45, 2.75) is 19.9 Å². The van der Waals surface area contributed by atoms with Gasteiger partial charge in [0.25, 0.3) is 5.91 Å². The van der Waals surface area contributed by atoms with Crippen molar-refractivity contribution in [3.8, 4) is 0 Å². The van der Waals surface area contributed by atoms with Crippen LogP contribution in [-0.4, -0.2) is 34.2 Å². The van der Waals surface area contributed by atoms with Crippen molar-refractivity contribution in [3.05, 3.63) is 47.5 Å². The summed E-state index contributed by atoms with van der Waals surface area (Å²) in [5.74, 6) is -0.0801. The summed E-state index contributed by atoms with van der Waals surface area (Å²) in [6.07, 6.45) is 6.03. The van der Waals surface area contributed by atoms with E-state index in [4.69, 9.17) is 0 Å². The number of carbonyl (C=O) groups excluding carboxylic acids is 1. The minimum Gasteiger partial charge on any atom is -0.352 e. The van der Waals surface area contributed by atoms with Crippen LogP contribution in [0.5, 0.6) is 0 Å². The monoisotopic (exact) mass is 273 g/mol. The zero-order valence-corrected chi connectivity index (χ0v) is 11.5. The molecule has 0 saturated heterocycles. The van der Waals surface area contributed by atoms with Gasteiger partial charge in [0.15, 0.2) is 0 Å². The Morgan fingerprint density at radius 1 is 1.35 bits per heavy atom. The van der Waals surface area contributed by atoms with E-state index in [9.17, 15) is 4.79 Å². The summed E-state index contributed by atoms with van der Waals surface area (Å²) in [4.78, 5) is 15.8. The van der Waals surface area contributed by atoms with Crippen LogP contribution >= 0.6 is 0 Å². The standard InChI is InChI=1S/C14H19N5O/c1-11-13(10-18-19-11)14(20)17-7-3-6-16-9-12-4-2-5-15-8-12/h2,4-5,8,10,16H,3,6-7,9H2,1H3,(H,17,20)(H,18,19). The second-order valence-electron chi connectivity index (χ2n) is 4.56. The van der Waals surface area contributed by atoms with Crippen molar-refractivity contribution in [3.63, 3.8) is 0 Å². The first-order chi connectivity index (χ1) is 9.77. The molecule has 3 N–H and O–H groups in total. The minimum absolute atomic E-state index is 0.0801. The second kappa shape index (κ2) is 7.40. The van der Waals surface area contributed by atoms with Crippen molar-refractivity contribution in [2.75, 3.05) is 13.1 Å². The van der Waals surface area contributed by atoms with Crippen molar-refractivity contribution in [2.24, 2.45) is 0 Å². The highest BCUT2D eigenvalue weighted by Gasteiger charge is 2.09. The Kier molecular flexibility index (Phi) is 5.25. The summed E-state index contributed by atoms with van der Waals surface area (Å²) < 4.78 is 0. The molecule has 0 bridgehead atoms. The van der Waals surface area contributed by atoms with E-state index in [0.29, 0.717) is 12.1 Å². The molecule has 2 aromatic heterocycles. The van der Waals surface area contributed by atoms with Gasteiger partial charge in [-0.2, -0.15) is 5.10 Å². The van der Waals surface area contributed by atoms with Gasteiger partial charge in [-0.25, -0.2) is 0 Å². The van der Waals surface area contributed by atoms with E-state index in [2.05, 4.69) is 25.8 Å². The van der Waals surface area contributed by atoms with Crippen LogP contribution in [0, 0.1) is 6.92 Å². The molecule has 0 aliphatic rings. The van der Waals surface area contributed by atoms with Crippen LogP contribution in [0.15, 0.2) is 30.7 Å². The molecule has 2 rings (SSSR count). The number of amides is 1. The molecule has 0 aromatic carbocycles. The molecule has 2 heterocycles. The fraction of sp³-hybridized carbons (Fsp3) is 0.357. The molecule has 0 radical (unpaired) electrons. The smallest absolute Gasteiger partial charge is 0.254 e. The van der Waals surface area contributed by atoms with Crippen molar-refractivity contribution in [1.29, 1.82) is 0 Å². The Balaban J connectivity index is 1.58. The van der Waals surface area contributed by atoms with Gasteiger partial charge in [0.2, 0.25) is 0 Å². The number of hydrogen-bond acceptors (Lipinski definition) is 4. The molecule has 106 valence electrons. The third kappa shape index (κ3) is 4.17. The number of aromatic nitrogens is 3. The highest BCUT2D eigenvalue weighted by Crippen LogP contribution is 2.01. The molecule has 0 saturated carbocycles. The van der Waals surface area contributed by atoms with Crippen LogP contribution < -0.4 is 10.6 Å². The van der Waals surface area contributed by atoms with Gasteiger partial charge in [-0.1, -0.05) is 6.07 Å². The maximum atomic E-state index is 11.8. The fourth-order valence-electron chi connectivity index (χ4n) is 1.83. The third-order valence-electron chi connectivity index (χ3n) is 2.94. The zero-order valence-electron chi connectivity index (χ0n) is 11.5. The Morgan fingerprint density at radius 2 is 2.25 bits per heavy atom. The van der Waals surface area contributed by atoms with Gasteiger partial charge in [-0.15, -0.1) is 0 Å². The first-order valence-electron chi connectivity index (χ1n) is 6.65. The number of pyridine rings is 1. The van der Waals surface area contributed by atoms with Gasteiger partial charge < -0.3 is 10.6 Å². The SMILES string of the molecule is Cc1[nH]ncc1C(=O)NCCCNCc1cccnc1. The van der Waals surface area contributed by atoms with E-state index in [0.717, 1.165) is 30.8 Å². The number of nitrogens with zero attached hydrogens (tertiary/aromatic N) is 2. The molecular weight excluding hydrogens is 254 g/mol. The number of rotatable bonds is 7. The van der Waals surface area contributed by atoms with Gasteiger partial charge in [0.05, 0.1) is 11.8 Å². The van der Waals surface area contributed by atoms with Gasteiger partial charge in [-0.05, 0) is 31.5 Å². The molecule has 0 fully saturated rings. The Labute approximate surface area is 118 Å². The highest BCUT2D eigenvalue weighted by atomic mass is 16.1. The summed E-state index contributed by atoms with van der Waals surface area (Å²) >= 11 is 0. The van der Waals surface area contributed by atoms with Crippen molar-refractivity contribution < 1.29 is 4.79 Å². The average Bonchev–Trinajstić information content (AvgIpc) is 2.90.